The number of carbonyl (C=O) groups is 1. The van der Waals surface area contributed by atoms with Crippen molar-refractivity contribution in [2.24, 2.45) is 17.6 Å². The van der Waals surface area contributed by atoms with Crippen molar-refractivity contribution in [1.29, 1.82) is 0 Å². The lowest BCUT2D eigenvalue weighted by molar-refractivity contribution is -0.124. The lowest BCUT2D eigenvalue weighted by Crippen LogP contribution is -2.52. The van der Waals surface area contributed by atoms with E-state index >= 15 is 0 Å². The van der Waals surface area contributed by atoms with Gasteiger partial charge in [0.1, 0.15) is 0 Å². The van der Waals surface area contributed by atoms with E-state index in [0.717, 1.165) is 6.42 Å². The first-order valence-electron chi connectivity index (χ1n) is 5.90. The summed E-state index contributed by atoms with van der Waals surface area (Å²) in [5.41, 5.74) is 5.76. The molecule has 88 valence electrons. The summed E-state index contributed by atoms with van der Waals surface area (Å²) >= 11 is 0. The van der Waals surface area contributed by atoms with Gasteiger partial charge >= 0.3 is 0 Å². The zero-order valence-corrected chi connectivity index (χ0v) is 10.3. The van der Waals surface area contributed by atoms with E-state index in [9.17, 15) is 4.79 Å². The lowest BCUT2D eigenvalue weighted by atomic mass is 9.97. The number of carbonyl (C=O) groups excluding carboxylic acids is 1. The van der Waals surface area contributed by atoms with E-state index in [1.807, 2.05) is 0 Å². The van der Waals surface area contributed by atoms with E-state index in [1.54, 1.807) is 0 Å². The number of hydrogen-bond acceptors (Lipinski definition) is 2. The third-order valence-electron chi connectivity index (χ3n) is 3.11. The summed E-state index contributed by atoms with van der Waals surface area (Å²) in [6.45, 7) is 8.34. The summed E-state index contributed by atoms with van der Waals surface area (Å²) in [4.78, 5) is 11.8. The monoisotopic (exact) mass is 212 g/mol. The standard InChI is InChI=1S/C12H24N2O/c1-8(2)7-10(13)11(15)14-12(3,4)9-5-6-9/h8-10H,5-7,13H2,1-4H3,(H,14,15)/t10-/m1/s1. The van der Waals surface area contributed by atoms with E-state index in [4.69, 9.17) is 5.73 Å². The summed E-state index contributed by atoms with van der Waals surface area (Å²) in [6, 6.07) is -0.358. The largest absolute Gasteiger partial charge is 0.350 e. The van der Waals surface area contributed by atoms with Crippen LogP contribution in [0.1, 0.15) is 47.0 Å². The van der Waals surface area contributed by atoms with Crippen LogP contribution >= 0.6 is 0 Å². The first-order chi connectivity index (χ1) is 6.83. The van der Waals surface area contributed by atoms with Crippen molar-refractivity contribution in [3.63, 3.8) is 0 Å². The minimum absolute atomic E-state index is 0.000556. The van der Waals surface area contributed by atoms with Gasteiger partial charge in [0.2, 0.25) is 5.91 Å². The molecule has 1 amide bonds. The van der Waals surface area contributed by atoms with E-state index < -0.39 is 0 Å². The molecule has 0 spiro atoms. The topological polar surface area (TPSA) is 55.1 Å². The number of amides is 1. The fourth-order valence-corrected chi connectivity index (χ4v) is 1.93. The van der Waals surface area contributed by atoms with Crippen molar-refractivity contribution in [2.75, 3.05) is 0 Å². The number of rotatable bonds is 5. The van der Waals surface area contributed by atoms with Gasteiger partial charge in [-0.05, 0) is 44.9 Å². The first-order valence-corrected chi connectivity index (χ1v) is 5.90. The highest BCUT2D eigenvalue weighted by Crippen LogP contribution is 2.39. The minimum Gasteiger partial charge on any atom is -0.350 e. The highest BCUT2D eigenvalue weighted by atomic mass is 16.2. The third kappa shape index (κ3) is 3.82. The van der Waals surface area contributed by atoms with Gasteiger partial charge in [0, 0.05) is 5.54 Å². The molecule has 1 atom stereocenters. The van der Waals surface area contributed by atoms with Gasteiger partial charge < -0.3 is 11.1 Å². The molecule has 1 rings (SSSR count). The summed E-state index contributed by atoms with van der Waals surface area (Å²) < 4.78 is 0. The van der Waals surface area contributed by atoms with Crippen molar-refractivity contribution in [2.45, 2.75) is 58.5 Å². The molecule has 3 N–H and O–H groups in total. The first kappa shape index (κ1) is 12.5. The number of nitrogens with one attached hydrogen (secondary N) is 1. The smallest absolute Gasteiger partial charge is 0.237 e. The Labute approximate surface area is 92.8 Å². The minimum atomic E-state index is -0.358. The lowest BCUT2D eigenvalue weighted by Gasteiger charge is -2.28. The van der Waals surface area contributed by atoms with Crippen molar-refractivity contribution in [1.82, 2.24) is 5.32 Å². The second-order valence-corrected chi connectivity index (χ2v) is 5.72. The molecule has 0 bridgehead atoms. The SMILES string of the molecule is CC(C)C[C@@H](N)C(=O)NC(C)(C)C1CC1. The second kappa shape index (κ2) is 4.52. The summed E-state index contributed by atoms with van der Waals surface area (Å²) in [5.74, 6) is 1.11. The molecule has 0 aromatic rings. The van der Waals surface area contributed by atoms with Gasteiger partial charge in [0.15, 0.2) is 0 Å². The van der Waals surface area contributed by atoms with Crippen molar-refractivity contribution in [3.05, 3.63) is 0 Å². The number of nitrogens with two attached hydrogens (primary N) is 1. The highest BCUT2D eigenvalue weighted by molar-refractivity contribution is 5.82. The van der Waals surface area contributed by atoms with Crippen molar-refractivity contribution >= 4 is 5.91 Å². The maximum atomic E-state index is 11.8. The summed E-state index contributed by atoms with van der Waals surface area (Å²) in [7, 11) is 0. The summed E-state index contributed by atoms with van der Waals surface area (Å²) in [5, 5.41) is 3.06. The molecule has 0 unspecified atom stereocenters. The zero-order valence-electron chi connectivity index (χ0n) is 10.3. The van der Waals surface area contributed by atoms with Crippen LogP contribution in [0.2, 0.25) is 0 Å². The molecule has 15 heavy (non-hydrogen) atoms. The van der Waals surface area contributed by atoms with Crippen LogP contribution < -0.4 is 11.1 Å². The highest BCUT2D eigenvalue weighted by Gasteiger charge is 2.39. The van der Waals surface area contributed by atoms with Gasteiger partial charge in [-0.25, -0.2) is 0 Å². The van der Waals surface area contributed by atoms with Crippen LogP contribution in [0, 0.1) is 11.8 Å². The quantitative estimate of drug-likeness (QED) is 0.728. The van der Waals surface area contributed by atoms with Crippen molar-refractivity contribution in [3.8, 4) is 0 Å². The van der Waals surface area contributed by atoms with Gasteiger partial charge in [-0.3, -0.25) is 4.79 Å². The Balaban J connectivity index is 2.40. The molecule has 1 fully saturated rings. The Morgan fingerprint density at radius 3 is 2.40 bits per heavy atom. The molecule has 1 aliphatic carbocycles. The molecule has 0 heterocycles. The van der Waals surface area contributed by atoms with E-state index in [2.05, 4.69) is 33.0 Å². The fraction of sp³-hybridized carbons (Fsp3) is 0.917. The van der Waals surface area contributed by atoms with Gasteiger partial charge in [-0.2, -0.15) is 0 Å². The predicted molar refractivity (Wildman–Crippen MR) is 62.4 cm³/mol. The van der Waals surface area contributed by atoms with Crippen LogP contribution in [0.5, 0.6) is 0 Å². The molecule has 1 saturated carbocycles. The summed E-state index contributed by atoms with van der Waals surface area (Å²) in [6.07, 6.45) is 3.21. The normalized spacial score (nSPS) is 19.1. The predicted octanol–water partition coefficient (Wildman–Crippen LogP) is 1.66. The Morgan fingerprint density at radius 2 is 2.00 bits per heavy atom. The van der Waals surface area contributed by atoms with E-state index in [-0.39, 0.29) is 17.5 Å². The molecule has 1 aliphatic rings. The van der Waals surface area contributed by atoms with Gasteiger partial charge in [0.05, 0.1) is 6.04 Å². The van der Waals surface area contributed by atoms with Crippen LogP contribution in [0.25, 0.3) is 0 Å². The molecule has 3 heteroatoms. The van der Waals surface area contributed by atoms with Gasteiger partial charge in [-0.1, -0.05) is 13.8 Å². The Hall–Kier alpha value is -0.570. The van der Waals surface area contributed by atoms with Crippen LogP contribution in [0.4, 0.5) is 0 Å². The Morgan fingerprint density at radius 1 is 1.47 bits per heavy atom. The van der Waals surface area contributed by atoms with E-state index in [0.29, 0.717) is 11.8 Å². The fourth-order valence-electron chi connectivity index (χ4n) is 1.93. The second-order valence-electron chi connectivity index (χ2n) is 5.72. The van der Waals surface area contributed by atoms with Gasteiger partial charge in [-0.15, -0.1) is 0 Å². The van der Waals surface area contributed by atoms with E-state index in [1.165, 1.54) is 12.8 Å². The maximum Gasteiger partial charge on any atom is 0.237 e. The Bertz CT molecular complexity index is 232. The average molecular weight is 212 g/mol. The Kier molecular flexibility index (Phi) is 3.77. The van der Waals surface area contributed by atoms with Gasteiger partial charge in [0.25, 0.3) is 0 Å². The third-order valence-corrected chi connectivity index (χ3v) is 3.11. The molecule has 0 radical (unpaired) electrons. The maximum absolute atomic E-state index is 11.8. The van der Waals surface area contributed by atoms with Crippen LogP contribution in [-0.2, 0) is 4.79 Å². The molecule has 0 aromatic heterocycles. The number of hydrogen-bond donors (Lipinski definition) is 2. The molecule has 0 aromatic carbocycles. The molecule has 0 aliphatic heterocycles. The van der Waals surface area contributed by atoms with Crippen LogP contribution in [0.15, 0.2) is 0 Å². The molecular weight excluding hydrogens is 188 g/mol. The van der Waals surface area contributed by atoms with Crippen LogP contribution in [-0.4, -0.2) is 17.5 Å². The van der Waals surface area contributed by atoms with Crippen LogP contribution in [0.3, 0.4) is 0 Å². The average Bonchev–Trinajstić information content (AvgIpc) is 2.83. The zero-order chi connectivity index (χ0) is 11.6. The molecular formula is C12H24N2O. The molecule has 3 nitrogen and oxygen atoms in total. The molecule has 0 saturated heterocycles. The van der Waals surface area contributed by atoms with Crippen molar-refractivity contribution < 1.29 is 4.79 Å².